The van der Waals surface area contributed by atoms with Gasteiger partial charge in [-0.05, 0) is 30.2 Å². The molecule has 1 aromatic heterocycles. The van der Waals surface area contributed by atoms with Crippen LogP contribution < -0.4 is 10.6 Å². The molecule has 0 radical (unpaired) electrons. The minimum Gasteiger partial charge on any atom is -0.369 e. The minimum atomic E-state index is -3.26. The van der Waals surface area contributed by atoms with Crippen molar-refractivity contribution < 1.29 is 8.42 Å². The first-order valence-corrected chi connectivity index (χ1v) is 10.6. The molecule has 0 amide bonds. The number of hydrogen-bond donors (Lipinski definition) is 2. The van der Waals surface area contributed by atoms with Crippen molar-refractivity contribution in [1.29, 1.82) is 0 Å². The van der Waals surface area contributed by atoms with Gasteiger partial charge in [0, 0.05) is 31.9 Å². The molecular weight excluding hydrogens is 364 g/mol. The van der Waals surface area contributed by atoms with Gasteiger partial charge in [0.15, 0.2) is 0 Å². The second-order valence-electron chi connectivity index (χ2n) is 6.75. The second-order valence-corrected chi connectivity index (χ2v) is 8.84. The average Bonchev–Trinajstić information content (AvgIpc) is 3.06. The third kappa shape index (κ3) is 3.91. The first-order chi connectivity index (χ1) is 13.0. The predicted octanol–water partition coefficient (Wildman–Crippen LogP) is 1.55. The molecule has 1 aliphatic heterocycles. The van der Waals surface area contributed by atoms with Crippen LogP contribution in [0.2, 0.25) is 0 Å². The van der Waals surface area contributed by atoms with Gasteiger partial charge in [-0.1, -0.05) is 30.3 Å². The third-order valence-electron chi connectivity index (χ3n) is 4.99. The number of aryl methyl sites for hydroxylation is 1. The lowest BCUT2D eigenvalue weighted by molar-refractivity contribution is 0.385. The number of piperazine rings is 1. The monoisotopic (exact) mass is 386 g/mol. The first-order valence-electron chi connectivity index (χ1n) is 9.00. The molecule has 0 atom stereocenters. The number of fused-ring (bicyclic) bond motifs is 1. The van der Waals surface area contributed by atoms with Gasteiger partial charge in [0.25, 0.3) is 0 Å². The molecule has 0 spiro atoms. The SMILES string of the molecule is O=c1[nH]c2ccc(N3CCN(S(=O)(=O)CCc4ccccc4)CC3)cc2[nH]1. The number of anilines is 1. The first kappa shape index (κ1) is 17.8. The van der Waals surface area contributed by atoms with Gasteiger partial charge in [-0.15, -0.1) is 0 Å². The molecular formula is C19H22N4O3S. The van der Waals surface area contributed by atoms with Gasteiger partial charge in [0.05, 0.1) is 16.8 Å². The summed E-state index contributed by atoms with van der Waals surface area (Å²) in [6.07, 6.45) is 0.529. The molecule has 3 aromatic rings. The van der Waals surface area contributed by atoms with Gasteiger partial charge in [0.2, 0.25) is 10.0 Å². The smallest absolute Gasteiger partial charge is 0.323 e. The lowest BCUT2D eigenvalue weighted by Gasteiger charge is -2.35. The van der Waals surface area contributed by atoms with Crippen molar-refractivity contribution in [3.63, 3.8) is 0 Å². The van der Waals surface area contributed by atoms with Crippen LogP contribution in [0.5, 0.6) is 0 Å². The molecule has 7 nitrogen and oxygen atoms in total. The van der Waals surface area contributed by atoms with Crippen molar-refractivity contribution in [2.45, 2.75) is 6.42 Å². The van der Waals surface area contributed by atoms with Gasteiger partial charge < -0.3 is 14.9 Å². The largest absolute Gasteiger partial charge is 0.369 e. The lowest BCUT2D eigenvalue weighted by atomic mass is 10.2. The molecule has 1 fully saturated rings. The molecule has 27 heavy (non-hydrogen) atoms. The number of nitrogens with one attached hydrogen (secondary N) is 2. The third-order valence-corrected chi connectivity index (χ3v) is 6.86. The number of aromatic amines is 2. The Morgan fingerprint density at radius 1 is 0.889 bits per heavy atom. The number of sulfonamides is 1. The predicted molar refractivity (Wildman–Crippen MR) is 107 cm³/mol. The van der Waals surface area contributed by atoms with E-state index < -0.39 is 10.0 Å². The highest BCUT2D eigenvalue weighted by Crippen LogP contribution is 2.21. The Balaban J connectivity index is 1.39. The van der Waals surface area contributed by atoms with Gasteiger partial charge >= 0.3 is 5.69 Å². The lowest BCUT2D eigenvalue weighted by Crippen LogP contribution is -2.49. The Kier molecular flexibility index (Phi) is 4.75. The highest BCUT2D eigenvalue weighted by atomic mass is 32.2. The number of H-pyrrole nitrogens is 2. The molecule has 4 rings (SSSR count). The molecule has 0 saturated carbocycles. The summed E-state index contributed by atoms with van der Waals surface area (Å²) < 4.78 is 26.9. The van der Waals surface area contributed by atoms with E-state index in [9.17, 15) is 13.2 Å². The van der Waals surface area contributed by atoms with Crippen LogP contribution in [0.1, 0.15) is 5.56 Å². The molecule has 2 heterocycles. The summed E-state index contributed by atoms with van der Waals surface area (Å²) >= 11 is 0. The van der Waals surface area contributed by atoms with Crippen LogP contribution in [0.3, 0.4) is 0 Å². The van der Waals surface area contributed by atoms with E-state index in [2.05, 4.69) is 14.9 Å². The number of hydrogen-bond acceptors (Lipinski definition) is 4. The van der Waals surface area contributed by atoms with Crippen LogP contribution in [-0.2, 0) is 16.4 Å². The van der Waals surface area contributed by atoms with E-state index in [1.165, 1.54) is 0 Å². The van der Waals surface area contributed by atoms with Crippen LogP contribution in [0.4, 0.5) is 5.69 Å². The second kappa shape index (κ2) is 7.21. The van der Waals surface area contributed by atoms with E-state index in [-0.39, 0.29) is 11.4 Å². The quantitative estimate of drug-likeness (QED) is 0.696. The summed E-state index contributed by atoms with van der Waals surface area (Å²) in [6.45, 7) is 2.20. The van der Waals surface area contributed by atoms with E-state index in [1.807, 2.05) is 48.5 Å². The number of aromatic nitrogens is 2. The Morgan fingerprint density at radius 3 is 2.33 bits per heavy atom. The zero-order chi connectivity index (χ0) is 18.9. The highest BCUT2D eigenvalue weighted by molar-refractivity contribution is 7.89. The fourth-order valence-electron chi connectivity index (χ4n) is 3.46. The summed E-state index contributed by atoms with van der Waals surface area (Å²) in [5, 5.41) is 0. The number of rotatable bonds is 5. The van der Waals surface area contributed by atoms with Crippen molar-refractivity contribution in [3.8, 4) is 0 Å². The maximum absolute atomic E-state index is 12.6. The molecule has 2 aromatic carbocycles. The van der Waals surface area contributed by atoms with E-state index in [1.54, 1.807) is 4.31 Å². The highest BCUT2D eigenvalue weighted by Gasteiger charge is 2.26. The minimum absolute atomic E-state index is 0.132. The van der Waals surface area contributed by atoms with Crippen molar-refractivity contribution in [2.75, 3.05) is 36.8 Å². The molecule has 1 saturated heterocycles. The summed E-state index contributed by atoms with van der Waals surface area (Å²) in [5.74, 6) is 0.132. The summed E-state index contributed by atoms with van der Waals surface area (Å²) in [5.41, 5.74) is 3.32. The number of imidazole rings is 1. The fourth-order valence-corrected chi connectivity index (χ4v) is 4.93. The molecule has 142 valence electrons. The Morgan fingerprint density at radius 2 is 1.59 bits per heavy atom. The topological polar surface area (TPSA) is 89.3 Å². The van der Waals surface area contributed by atoms with Gasteiger partial charge in [-0.3, -0.25) is 0 Å². The molecule has 0 unspecified atom stereocenters. The summed E-state index contributed by atoms with van der Waals surface area (Å²) in [7, 11) is -3.26. The van der Waals surface area contributed by atoms with Crippen molar-refractivity contribution in [1.82, 2.24) is 14.3 Å². The molecule has 8 heteroatoms. The van der Waals surface area contributed by atoms with Crippen LogP contribution in [0.15, 0.2) is 53.3 Å². The standard InChI is InChI=1S/C19H22N4O3S/c24-19-20-17-7-6-16(14-18(17)21-19)22-9-11-23(12-10-22)27(25,26)13-8-15-4-2-1-3-5-15/h1-7,14H,8-13H2,(H2,20,21,24). The van der Waals surface area contributed by atoms with E-state index in [0.29, 0.717) is 32.6 Å². The van der Waals surface area contributed by atoms with Crippen molar-refractivity contribution in [2.24, 2.45) is 0 Å². The summed E-state index contributed by atoms with van der Waals surface area (Å²) in [4.78, 5) is 19.0. The zero-order valence-corrected chi connectivity index (χ0v) is 15.7. The fraction of sp³-hybridized carbons (Fsp3) is 0.316. The Hall–Kier alpha value is -2.58. The van der Waals surface area contributed by atoms with Crippen molar-refractivity contribution >= 4 is 26.7 Å². The van der Waals surface area contributed by atoms with Crippen molar-refractivity contribution in [3.05, 3.63) is 64.6 Å². The number of nitrogens with zero attached hydrogens (tertiary/aromatic N) is 2. The molecule has 2 N–H and O–H groups in total. The number of benzene rings is 2. The zero-order valence-electron chi connectivity index (χ0n) is 14.9. The van der Waals surface area contributed by atoms with Crippen LogP contribution in [0, 0.1) is 0 Å². The molecule has 0 aliphatic carbocycles. The van der Waals surface area contributed by atoms with E-state index in [0.717, 1.165) is 22.3 Å². The van der Waals surface area contributed by atoms with Gasteiger partial charge in [0.1, 0.15) is 0 Å². The van der Waals surface area contributed by atoms with Gasteiger partial charge in [-0.2, -0.15) is 4.31 Å². The van der Waals surface area contributed by atoms with Crippen LogP contribution in [0.25, 0.3) is 11.0 Å². The van der Waals surface area contributed by atoms with Crippen LogP contribution >= 0.6 is 0 Å². The summed E-state index contributed by atoms with van der Waals surface area (Å²) in [6, 6.07) is 15.4. The van der Waals surface area contributed by atoms with E-state index in [4.69, 9.17) is 0 Å². The molecule has 0 bridgehead atoms. The Labute approximate surface area is 157 Å². The maximum atomic E-state index is 12.6. The Bertz CT molecular complexity index is 1080. The molecule has 1 aliphatic rings. The maximum Gasteiger partial charge on any atom is 0.323 e. The average molecular weight is 386 g/mol. The van der Waals surface area contributed by atoms with Gasteiger partial charge in [-0.25, -0.2) is 13.2 Å². The van der Waals surface area contributed by atoms with Crippen LogP contribution in [-0.4, -0.2) is 54.6 Å². The van der Waals surface area contributed by atoms with E-state index >= 15 is 0 Å². The normalized spacial score (nSPS) is 16.1.